The minimum absolute atomic E-state index is 0.101. The molecule has 3 nitrogen and oxygen atoms in total. The number of rotatable bonds is 3. The summed E-state index contributed by atoms with van der Waals surface area (Å²) in [6.45, 7) is 0.643. The summed E-state index contributed by atoms with van der Waals surface area (Å²) in [5.74, 6) is 0. The Labute approximate surface area is 70.4 Å². The van der Waals surface area contributed by atoms with Gasteiger partial charge in [-0.1, -0.05) is 12.2 Å². The van der Waals surface area contributed by atoms with Gasteiger partial charge in [-0.25, -0.2) is 0 Å². The zero-order chi connectivity index (χ0) is 8.27. The molecule has 0 aliphatic rings. The maximum absolute atomic E-state index is 8.64. The molecule has 1 heterocycles. The van der Waals surface area contributed by atoms with E-state index in [2.05, 4.69) is 0 Å². The summed E-state index contributed by atoms with van der Waals surface area (Å²) in [6.07, 6.45) is 1.84. The summed E-state index contributed by atoms with van der Waals surface area (Å²) < 4.78 is 1.82. The van der Waals surface area contributed by atoms with Crippen LogP contribution < -0.4 is 5.73 Å². The fourth-order valence-corrected chi connectivity index (χ4v) is 1.13. The van der Waals surface area contributed by atoms with Gasteiger partial charge in [-0.3, -0.25) is 0 Å². The molecule has 0 aliphatic carbocycles. The van der Waals surface area contributed by atoms with Gasteiger partial charge in [0.05, 0.1) is 12.3 Å². The second kappa shape index (κ2) is 3.50. The van der Waals surface area contributed by atoms with E-state index in [0.29, 0.717) is 11.5 Å². The molecule has 0 saturated carbocycles. The normalized spacial score (nSPS) is 9.91. The van der Waals surface area contributed by atoms with Gasteiger partial charge in [0.2, 0.25) is 0 Å². The highest BCUT2D eigenvalue weighted by Gasteiger charge is 2.00. The van der Waals surface area contributed by atoms with E-state index in [1.807, 2.05) is 22.9 Å². The minimum atomic E-state index is 0.101. The Morgan fingerprint density at radius 1 is 1.73 bits per heavy atom. The number of aromatic nitrogens is 1. The van der Waals surface area contributed by atoms with Crippen molar-refractivity contribution in [3.8, 4) is 0 Å². The van der Waals surface area contributed by atoms with Crippen LogP contribution >= 0.6 is 12.2 Å². The first kappa shape index (κ1) is 8.23. The maximum atomic E-state index is 8.64. The van der Waals surface area contributed by atoms with Crippen LogP contribution in [-0.2, 0) is 6.54 Å². The van der Waals surface area contributed by atoms with Gasteiger partial charge in [-0.2, -0.15) is 0 Å². The van der Waals surface area contributed by atoms with Gasteiger partial charge in [0, 0.05) is 12.7 Å². The Morgan fingerprint density at radius 2 is 2.45 bits per heavy atom. The first-order valence-electron chi connectivity index (χ1n) is 3.31. The lowest BCUT2D eigenvalue weighted by molar-refractivity contribution is 0.276. The van der Waals surface area contributed by atoms with Crippen molar-refractivity contribution in [2.45, 2.75) is 6.54 Å². The summed E-state index contributed by atoms with van der Waals surface area (Å²) in [6, 6.07) is 3.68. The molecule has 0 bridgehead atoms. The molecule has 0 unspecified atom stereocenters. The first-order chi connectivity index (χ1) is 5.25. The summed E-state index contributed by atoms with van der Waals surface area (Å²) in [4.78, 5) is 0.364. The Morgan fingerprint density at radius 3 is 3.00 bits per heavy atom. The van der Waals surface area contributed by atoms with Crippen LogP contribution in [0.5, 0.6) is 0 Å². The lowest BCUT2D eigenvalue weighted by Gasteiger charge is -2.04. The monoisotopic (exact) mass is 170 g/mol. The Balaban J connectivity index is 2.87. The second-order valence-corrected chi connectivity index (χ2v) is 2.61. The van der Waals surface area contributed by atoms with Gasteiger partial charge in [-0.05, 0) is 12.1 Å². The van der Waals surface area contributed by atoms with Crippen LogP contribution in [0.25, 0.3) is 0 Å². The third-order valence-corrected chi connectivity index (χ3v) is 1.63. The van der Waals surface area contributed by atoms with Crippen LogP contribution in [0.15, 0.2) is 18.3 Å². The standard InChI is InChI=1S/C7H10N2OS/c8-7(11)6-2-1-3-9(6)4-5-10/h1-3,10H,4-5H2,(H2,8,11). The van der Waals surface area contributed by atoms with E-state index >= 15 is 0 Å². The molecule has 1 aromatic heterocycles. The smallest absolute Gasteiger partial charge is 0.120 e. The van der Waals surface area contributed by atoms with Crippen LogP contribution in [0.1, 0.15) is 5.69 Å². The number of hydrogen-bond acceptors (Lipinski definition) is 2. The van der Waals surface area contributed by atoms with Crippen molar-refractivity contribution in [3.05, 3.63) is 24.0 Å². The van der Waals surface area contributed by atoms with E-state index in [-0.39, 0.29) is 6.61 Å². The minimum Gasteiger partial charge on any atom is -0.395 e. The maximum Gasteiger partial charge on any atom is 0.120 e. The van der Waals surface area contributed by atoms with E-state index in [9.17, 15) is 0 Å². The Hall–Kier alpha value is -0.870. The van der Waals surface area contributed by atoms with Crippen molar-refractivity contribution in [2.24, 2.45) is 5.73 Å². The van der Waals surface area contributed by atoms with Gasteiger partial charge in [0.25, 0.3) is 0 Å². The number of hydrogen-bond donors (Lipinski definition) is 2. The van der Waals surface area contributed by atoms with Crippen molar-refractivity contribution >= 4 is 17.2 Å². The molecule has 60 valence electrons. The molecule has 0 saturated heterocycles. The number of aliphatic hydroxyl groups excluding tert-OH is 1. The predicted molar refractivity (Wildman–Crippen MR) is 47.4 cm³/mol. The predicted octanol–water partition coefficient (Wildman–Crippen LogP) is 0.115. The number of nitrogens with zero attached hydrogens (tertiary/aromatic N) is 1. The first-order valence-corrected chi connectivity index (χ1v) is 3.72. The van der Waals surface area contributed by atoms with Crippen molar-refractivity contribution < 1.29 is 5.11 Å². The molecule has 0 atom stereocenters. The van der Waals surface area contributed by atoms with Crippen LogP contribution in [0, 0.1) is 0 Å². The average Bonchev–Trinajstić information content (AvgIpc) is 2.36. The Bertz CT molecular complexity index is 257. The summed E-state index contributed by atoms with van der Waals surface area (Å²) in [7, 11) is 0. The fraction of sp³-hybridized carbons (Fsp3) is 0.286. The number of thiocarbonyl (C=S) groups is 1. The molecule has 4 heteroatoms. The third kappa shape index (κ3) is 1.78. The number of aliphatic hydroxyl groups is 1. The highest BCUT2D eigenvalue weighted by molar-refractivity contribution is 7.80. The van der Waals surface area contributed by atoms with Crippen molar-refractivity contribution in [1.29, 1.82) is 0 Å². The highest BCUT2D eigenvalue weighted by atomic mass is 32.1. The molecular weight excluding hydrogens is 160 g/mol. The average molecular weight is 170 g/mol. The molecule has 1 rings (SSSR count). The molecule has 0 aliphatic heterocycles. The third-order valence-electron chi connectivity index (χ3n) is 1.42. The second-order valence-electron chi connectivity index (χ2n) is 2.17. The Kier molecular flexibility index (Phi) is 2.62. The van der Waals surface area contributed by atoms with Gasteiger partial charge in [-0.15, -0.1) is 0 Å². The summed E-state index contributed by atoms with van der Waals surface area (Å²) in [5.41, 5.74) is 6.22. The van der Waals surface area contributed by atoms with Crippen LogP contribution in [0.4, 0.5) is 0 Å². The fourth-order valence-electron chi connectivity index (χ4n) is 0.941. The SMILES string of the molecule is NC(=S)c1cccn1CCO. The van der Waals surface area contributed by atoms with Gasteiger partial charge in [0.1, 0.15) is 4.99 Å². The van der Waals surface area contributed by atoms with E-state index < -0.39 is 0 Å². The lowest BCUT2D eigenvalue weighted by atomic mass is 10.4. The summed E-state index contributed by atoms with van der Waals surface area (Å²) >= 11 is 4.79. The highest BCUT2D eigenvalue weighted by Crippen LogP contribution is 2.00. The molecule has 0 aromatic carbocycles. The van der Waals surface area contributed by atoms with Crippen LogP contribution in [0.2, 0.25) is 0 Å². The zero-order valence-corrected chi connectivity index (χ0v) is 6.84. The van der Waals surface area contributed by atoms with Gasteiger partial charge >= 0.3 is 0 Å². The van der Waals surface area contributed by atoms with Crippen LogP contribution in [0.3, 0.4) is 0 Å². The molecule has 0 amide bonds. The van der Waals surface area contributed by atoms with E-state index in [0.717, 1.165) is 5.69 Å². The number of nitrogens with two attached hydrogens (primary N) is 1. The molecule has 1 aromatic rings. The molecular formula is C7H10N2OS. The van der Waals surface area contributed by atoms with Crippen molar-refractivity contribution in [3.63, 3.8) is 0 Å². The zero-order valence-electron chi connectivity index (χ0n) is 6.03. The van der Waals surface area contributed by atoms with Crippen molar-refractivity contribution in [2.75, 3.05) is 6.61 Å². The molecule has 0 spiro atoms. The van der Waals surface area contributed by atoms with Crippen LogP contribution in [-0.4, -0.2) is 21.3 Å². The van der Waals surface area contributed by atoms with Gasteiger partial charge < -0.3 is 15.4 Å². The largest absolute Gasteiger partial charge is 0.395 e. The van der Waals surface area contributed by atoms with E-state index in [1.54, 1.807) is 0 Å². The topological polar surface area (TPSA) is 51.2 Å². The lowest BCUT2D eigenvalue weighted by Crippen LogP contribution is -2.16. The molecule has 0 fully saturated rings. The molecule has 11 heavy (non-hydrogen) atoms. The van der Waals surface area contributed by atoms with Gasteiger partial charge in [0.15, 0.2) is 0 Å². The summed E-state index contributed by atoms with van der Waals surface area (Å²) in [5, 5.41) is 8.64. The molecule has 0 radical (unpaired) electrons. The van der Waals surface area contributed by atoms with E-state index in [4.69, 9.17) is 23.1 Å². The quantitative estimate of drug-likeness (QED) is 0.633. The molecule has 3 N–H and O–H groups in total. The van der Waals surface area contributed by atoms with E-state index in [1.165, 1.54) is 0 Å². The van der Waals surface area contributed by atoms with Crippen molar-refractivity contribution in [1.82, 2.24) is 4.57 Å².